The van der Waals surface area contributed by atoms with Gasteiger partial charge in [-0.05, 0) is 42.5 Å². The summed E-state index contributed by atoms with van der Waals surface area (Å²) in [5.74, 6) is -0.429. The molecule has 1 aliphatic heterocycles. The van der Waals surface area contributed by atoms with Gasteiger partial charge in [0.25, 0.3) is 0 Å². The molecule has 5 nitrogen and oxygen atoms in total. The molecule has 2 heterocycles. The van der Waals surface area contributed by atoms with Gasteiger partial charge in [0.2, 0.25) is 11.8 Å². The summed E-state index contributed by atoms with van der Waals surface area (Å²) in [6.45, 7) is 0.972. The summed E-state index contributed by atoms with van der Waals surface area (Å²) in [6.07, 6.45) is 1.33. The van der Waals surface area contributed by atoms with Crippen molar-refractivity contribution >= 4 is 28.8 Å². The van der Waals surface area contributed by atoms with E-state index in [2.05, 4.69) is 10.6 Å². The highest BCUT2D eigenvalue weighted by Crippen LogP contribution is 2.28. The summed E-state index contributed by atoms with van der Waals surface area (Å²) in [5.41, 5.74) is -0.283. The van der Waals surface area contributed by atoms with Crippen molar-refractivity contribution < 1.29 is 14.0 Å². The molecule has 1 aromatic heterocycles. The number of piperidine rings is 1. The number of nitrogens with zero attached hydrogens (tertiary/aromatic N) is 1. The number of anilines is 1. The minimum absolute atomic E-state index is 0.0729. The molecule has 2 N–H and O–H groups in total. The molecule has 1 fully saturated rings. The van der Waals surface area contributed by atoms with Crippen molar-refractivity contribution in [3.8, 4) is 0 Å². The number of amides is 2. The highest BCUT2D eigenvalue weighted by molar-refractivity contribution is 7.10. The summed E-state index contributed by atoms with van der Waals surface area (Å²) in [7, 11) is 1.59. The molecule has 7 heteroatoms. The minimum Gasteiger partial charge on any atom is -0.371 e. The van der Waals surface area contributed by atoms with Gasteiger partial charge in [-0.1, -0.05) is 12.1 Å². The predicted octanol–water partition coefficient (Wildman–Crippen LogP) is 2.65. The Kier molecular flexibility index (Phi) is 5.56. The van der Waals surface area contributed by atoms with Crippen LogP contribution in [0.3, 0.4) is 0 Å². The van der Waals surface area contributed by atoms with Gasteiger partial charge in [-0.2, -0.15) is 0 Å². The first-order valence-corrected chi connectivity index (χ1v) is 9.46. The Morgan fingerprint density at radius 3 is 2.62 bits per heavy atom. The molecule has 0 bridgehead atoms. The molecule has 26 heavy (non-hydrogen) atoms. The predicted molar refractivity (Wildman–Crippen MR) is 101 cm³/mol. The van der Waals surface area contributed by atoms with Crippen LogP contribution in [-0.4, -0.2) is 42.4 Å². The van der Waals surface area contributed by atoms with Gasteiger partial charge in [-0.3, -0.25) is 9.59 Å². The summed E-state index contributed by atoms with van der Waals surface area (Å²) in [5, 5.41) is 7.85. The van der Waals surface area contributed by atoms with Crippen LogP contribution >= 0.6 is 11.3 Å². The number of benzene rings is 1. The third-order valence-corrected chi connectivity index (χ3v) is 5.62. The van der Waals surface area contributed by atoms with E-state index < -0.39 is 5.54 Å². The highest BCUT2D eigenvalue weighted by atomic mass is 32.1. The van der Waals surface area contributed by atoms with Crippen LogP contribution in [0.15, 0.2) is 41.8 Å². The quantitative estimate of drug-likeness (QED) is 0.845. The second-order valence-electron chi connectivity index (χ2n) is 6.43. The first kappa shape index (κ1) is 18.4. The van der Waals surface area contributed by atoms with E-state index in [-0.39, 0.29) is 17.6 Å². The Balaban J connectivity index is 1.69. The Morgan fingerprint density at radius 1 is 1.23 bits per heavy atom. The minimum atomic E-state index is -0.845. The summed E-state index contributed by atoms with van der Waals surface area (Å²) >= 11 is 1.57. The van der Waals surface area contributed by atoms with Gasteiger partial charge in [-0.25, -0.2) is 4.39 Å². The Bertz CT molecular complexity index is 771. The van der Waals surface area contributed by atoms with E-state index in [0.717, 1.165) is 4.88 Å². The van der Waals surface area contributed by atoms with Gasteiger partial charge in [0.1, 0.15) is 11.4 Å². The van der Waals surface area contributed by atoms with Crippen molar-refractivity contribution in [3.63, 3.8) is 0 Å². The average Bonchev–Trinajstić information content (AvgIpc) is 3.14. The third-order valence-electron chi connectivity index (χ3n) is 4.75. The van der Waals surface area contributed by atoms with E-state index in [9.17, 15) is 14.0 Å². The van der Waals surface area contributed by atoms with Crippen molar-refractivity contribution in [1.29, 1.82) is 0 Å². The molecule has 0 atom stereocenters. The van der Waals surface area contributed by atoms with E-state index >= 15 is 0 Å². The second-order valence-corrected chi connectivity index (χ2v) is 7.47. The van der Waals surface area contributed by atoms with E-state index in [0.29, 0.717) is 38.0 Å². The van der Waals surface area contributed by atoms with Gasteiger partial charge in [0.15, 0.2) is 0 Å². The molecular formula is C19H22FN3O2S. The molecule has 1 aliphatic rings. The van der Waals surface area contributed by atoms with Gasteiger partial charge < -0.3 is 15.5 Å². The number of hydrogen-bond acceptors (Lipinski definition) is 4. The molecule has 1 saturated heterocycles. The Hall–Kier alpha value is -2.41. The number of nitrogens with one attached hydrogen (secondary N) is 2. The zero-order valence-electron chi connectivity index (χ0n) is 14.6. The fraction of sp³-hybridized carbons (Fsp3) is 0.368. The fourth-order valence-electron chi connectivity index (χ4n) is 3.30. The van der Waals surface area contributed by atoms with Crippen LogP contribution in [-0.2, 0) is 16.0 Å². The van der Waals surface area contributed by atoms with Crippen molar-refractivity contribution in [1.82, 2.24) is 10.2 Å². The lowest BCUT2D eigenvalue weighted by atomic mass is 9.85. The summed E-state index contributed by atoms with van der Waals surface area (Å²) in [4.78, 5) is 27.9. The maximum atomic E-state index is 13.5. The molecule has 2 aromatic rings. The topological polar surface area (TPSA) is 61.4 Å². The number of halogens is 1. The zero-order chi connectivity index (χ0) is 18.6. The smallest absolute Gasteiger partial charge is 0.245 e. The van der Waals surface area contributed by atoms with Gasteiger partial charge in [0.05, 0.1) is 6.42 Å². The number of hydrogen-bond donors (Lipinski definition) is 2. The normalized spacial score (nSPS) is 16.2. The Labute approximate surface area is 156 Å². The van der Waals surface area contributed by atoms with Crippen LogP contribution in [0.4, 0.5) is 10.1 Å². The van der Waals surface area contributed by atoms with Crippen LogP contribution in [0, 0.1) is 5.82 Å². The molecule has 0 saturated carbocycles. The molecule has 2 amide bonds. The molecule has 0 unspecified atom stereocenters. The summed E-state index contributed by atoms with van der Waals surface area (Å²) in [6, 6.07) is 9.97. The van der Waals surface area contributed by atoms with Crippen molar-refractivity contribution in [2.75, 3.05) is 25.5 Å². The van der Waals surface area contributed by atoms with Crippen LogP contribution in [0.2, 0.25) is 0 Å². The SMILES string of the molecule is CNC(=O)C1(Nc2cccc(F)c2)CCN(C(=O)Cc2cccs2)CC1. The third kappa shape index (κ3) is 4.04. The molecule has 138 valence electrons. The molecule has 3 rings (SSSR count). The van der Waals surface area contributed by atoms with Crippen molar-refractivity contribution in [2.45, 2.75) is 24.8 Å². The number of carbonyl (C=O) groups is 2. The maximum Gasteiger partial charge on any atom is 0.245 e. The number of likely N-dealkylation sites (N-methyl/N-ethyl adjacent to an activating group) is 1. The molecule has 0 aliphatic carbocycles. The lowest BCUT2D eigenvalue weighted by Gasteiger charge is -2.41. The Morgan fingerprint density at radius 2 is 2.00 bits per heavy atom. The number of rotatable bonds is 5. The maximum absolute atomic E-state index is 13.5. The van der Waals surface area contributed by atoms with Crippen LogP contribution in [0.5, 0.6) is 0 Å². The van der Waals surface area contributed by atoms with Crippen molar-refractivity contribution in [3.05, 3.63) is 52.5 Å². The molecular weight excluding hydrogens is 353 g/mol. The van der Waals surface area contributed by atoms with E-state index in [1.807, 2.05) is 17.5 Å². The standard InChI is InChI=1S/C19H22FN3O2S/c1-21-18(25)19(22-15-5-2-4-14(20)12-15)7-9-23(10-8-19)17(24)13-16-6-3-11-26-16/h2-6,11-12,22H,7-10,13H2,1H3,(H,21,25). The zero-order valence-corrected chi connectivity index (χ0v) is 15.4. The summed E-state index contributed by atoms with van der Waals surface area (Å²) < 4.78 is 13.5. The van der Waals surface area contributed by atoms with E-state index in [4.69, 9.17) is 0 Å². The van der Waals surface area contributed by atoms with Crippen LogP contribution in [0.1, 0.15) is 17.7 Å². The van der Waals surface area contributed by atoms with E-state index in [1.54, 1.807) is 35.4 Å². The molecule has 0 spiro atoms. The largest absolute Gasteiger partial charge is 0.371 e. The lowest BCUT2D eigenvalue weighted by molar-refractivity contribution is -0.135. The number of carbonyl (C=O) groups excluding carboxylic acids is 2. The van der Waals surface area contributed by atoms with Crippen LogP contribution in [0.25, 0.3) is 0 Å². The van der Waals surface area contributed by atoms with Gasteiger partial charge in [-0.15, -0.1) is 11.3 Å². The fourth-order valence-corrected chi connectivity index (χ4v) is 4.00. The van der Waals surface area contributed by atoms with Gasteiger partial charge in [0, 0.05) is 30.7 Å². The highest BCUT2D eigenvalue weighted by Gasteiger charge is 2.41. The second kappa shape index (κ2) is 7.86. The number of thiophene rings is 1. The van der Waals surface area contributed by atoms with E-state index in [1.165, 1.54) is 12.1 Å². The first-order chi connectivity index (χ1) is 12.5. The molecule has 1 aromatic carbocycles. The monoisotopic (exact) mass is 375 g/mol. The average molecular weight is 375 g/mol. The lowest BCUT2D eigenvalue weighted by Crippen LogP contribution is -2.58. The van der Waals surface area contributed by atoms with Crippen LogP contribution < -0.4 is 10.6 Å². The van der Waals surface area contributed by atoms with Crippen molar-refractivity contribution in [2.24, 2.45) is 0 Å². The number of likely N-dealkylation sites (tertiary alicyclic amines) is 1. The first-order valence-electron chi connectivity index (χ1n) is 8.58. The molecule has 0 radical (unpaired) electrons. The van der Waals surface area contributed by atoms with Gasteiger partial charge >= 0.3 is 0 Å².